The van der Waals surface area contributed by atoms with Crippen molar-refractivity contribution in [2.24, 2.45) is 10.8 Å². The molecule has 0 fully saturated rings. The molecule has 0 aromatic rings. The molecular formula is C16H26F4S2. The lowest BCUT2D eigenvalue weighted by molar-refractivity contribution is 0.0950. The topological polar surface area (TPSA) is 0 Å². The number of allylic oxidation sites excluding steroid dienone is 2. The van der Waals surface area contributed by atoms with E-state index in [0.29, 0.717) is 17.7 Å². The summed E-state index contributed by atoms with van der Waals surface area (Å²) in [5.41, 5.74) is -1.47. The van der Waals surface area contributed by atoms with Crippen LogP contribution in [0.15, 0.2) is 11.0 Å². The van der Waals surface area contributed by atoms with Crippen LogP contribution in [0.4, 0.5) is 17.6 Å². The van der Waals surface area contributed by atoms with Gasteiger partial charge in [0.05, 0.1) is 0 Å². The molecule has 0 saturated carbocycles. The molecule has 2 unspecified atom stereocenters. The molecule has 0 rings (SSSR count). The molecule has 0 aliphatic carbocycles. The highest BCUT2D eigenvalue weighted by Gasteiger charge is 2.34. The zero-order chi connectivity index (χ0) is 17.6. The highest BCUT2D eigenvalue weighted by molar-refractivity contribution is 8.02. The summed E-state index contributed by atoms with van der Waals surface area (Å²) in [6, 6.07) is 0. The van der Waals surface area contributed by atoms with Crippen molar-refractivity contribution < 1.29 is 17.6 Å². The van der Waals surface area contributed by atoms with Gasteiger partial charge < -0.3 is 0 Å². The van der Waals surface area contributed by atoms with Crippen LogP contribution in [0, 0.1) is 10.8 Å². The first-order chi connectivity index (χ1) is 10.0. The normalized spacial score (nSPS) is 18.4. The number of alkyl halides is 4. The summed E-state index contributed by atoms with van der Waals surface area (Å²) in [6.45, 7) is 7.17. The Kier molecular flexibility index (Phi) is 9.22. The second kappa shape index (κ2) is 9.26. The van der Waals surface area contributed by atoms with Crippen molar-refractivity contribution in [3.05, 3.63) is 11.0 Å². The zero-order valence-electron chi connectivity index (χ0n) is 13.9. The molecule has 0 radical (unpaired) electrons. The van der Waals surface area contributed by atoms with Gasteiger partial charge >= 0.3 is 0 Å². The van der Waals surface area contributed by atoms with E-state index in [0.717, 1.165) is 4.91 Å². The number of rotatable bonds is 10. The standard InChI is InChI=1S/C16H26F4S2/c1-6-15(3,9-13(17)18)11(21)8-12(22-5)16(4,7-2)10-14(19)20/h8,13-14H,6-7,9-10H2,1-5H3/b12-8-. The van der Waals surface area contributed by atoms with Gasteiger partial charge in [0.25, 0.3) is 0 Å². The van der Waals surface area contributed by atoms with Crippen LogP contribution in [0.2, 0.25) is 0 Å². The molecule has 0 bridgehead atoms. The van der Waals surface area contributed by atoms with E-state index in [4.69, 9.17) is 12.2 Å². The maximum absolute atomic E-state index is 12.9. The first kappa shape index (κ1) is 21.9. The summed E-state index contributed by atoms with van der Waals surface area (Å²) in [5, 5.41) is 0. The lowest BCUT2D eigenvalue weighted by atomic mass is 9.78. The number of hydrogen-bond acceptors (Lipinski definition) is 2. The Morgan fingerprint density at radius 3 is 1.73 bits per heavy atom. The van der Waals surface area contributed by atoms with E-state index in [-0.39, 0.29) is 12.8 Å². The molecule has 0 N–H and O–H groups in total. The van der Waals surface area contributed by atoms with Crippen molar-refractivity contribution in [1.82, 2.24) is 0 Å². The summed E-state index contributed by atoms with van der Waals surface area (Å²) in [5.74, 6) is 0. The molecule has 130 valence electrons. The third kappa shape index (κ3) is 6.19. The fraction of sp³-hybridized carbons (Fsp3) is 0.812. The van der Waals surface area contributed by atoms with Crippen LogP contribution < -0.4 is 0 Å². The molecule has 0 aromatic heterocycles. The van der Waals surface area contributed by atoms with Gasteiger partial charge in [-0.15, -0.1) is 11.8 Å². The van der Waals surface area contributed by atoms with E-state index in [1.165, 1.54) is 11.8 Å². The molecule has 0 spiro atoms. The van der Waals surface area contributed by atoms with Crippen molar-refractivity contribution >= 4 is 28.8 Å². The average Bonchev–Trinajstić information content (AvgIpc) is 2.42. The van der Waals surface area contributed by atoms with Crippen LogP contribution in [0.5, 0.6) is 0 Å². The van der Waals surface area contributed by atoms with E-state index < -0.39 is 23.7 Å². The molecule has 0 amide bonds. The van der Waals surface area contributed by atoms with Crippen molar-refractivity contribution in [2.75, 3.05) is 6.26 Å². The number of halogens is 4. The Bertz CT molecular complexity index is 396. The molecular weight excluding hydrogens is 332 g/mol. The number of thiocarbonyl (C=S) groups is 1. The molecule has 0 heterocycles. The predicted octanol–water partition coefficient (Wildman–Crippen LogP) is 6.75. The second-order valence-electron chi connectivity index (χ2n) is 6.10. The predicted molar refractivity (Wildman–Crippen MR) is 92.2 cm³/mol. The fourth-order valence-electron chi connectivity index (χ4n) is 2.29. The van der Waals surface area contributed by atoms with Gasteiger partial charge in [-0.3, -0.25) is 0 Å². The average molecular weight is 359 g/mol. The van der Waals surface area contributed by atoms with Gasteiger partial charge in [0.1, 0.15) is 0 Å². The Morgan fingerprint density at radius 2 is 1.41 bits per heavy atom. The zero-order valence-corrected chi connectivity index (χ0v) is 15.5. The minimum absolute atomic E-state index is 0.253. The van der Waals surface area contributed by atoms with E-state index in [9.17, 15) is 17.6 Å². The summed E-state index contributed by atoms with van der Waals surface area (Å²) in [6.07, 6.45) is -0.882. The molecule has 2 atom stereocenters. The van der Waals surface area contributed by atoms with E-state index in [1.54, 1.807) is 19.9 Å². The van der Waals surface area contributed by atoms with Gasteiger partial charge in [0, 0.05) is 28.5 Å². The van der Waals surface area contributed by atoms with E-state index in [1.807, 2.05) is 20.1 Å². The number of thioether (sulfide) groups is 1. The second-order valence-corrected chi connectivity index (χ2v) is 7.38. The Morgan fingerprint density at radius 1 is 1.00 bits per heavy atom. The summed E-state index contributed by atoms with van der Waals surface area (Å²) >= 11 is 6.74. The Hall–Kier alpha value is -0.100. The molecule has 0 nitrogen and oxygen atoms in total. The molecule has 0 aliphatic rings. The lowest BCUT2D eigenvalue weighted by Crippen LogP contribution is -2.28. The Labute approximate surface area is 141 Å². The van der Waals surface area contributed by atoms with Crippen molar-refractivity contribution in [2.45, 2.75) is 66.2 Å². The molecule has 0 saturated heterocycles. The van der Waals surface area contributed by atoms with Crippen molar-refractivity contribution in [1.29, 1.82) is 0 Å². The maximum Gasteiger partial charge on any atom is 0.239 e. The minimum atomic E-state index is -2.44. The highest BCUT2D eigenvalue weighted by atomic mass is 32.2. The van der Waals surface area contributed by atoms with Crippen LogP contribution in [0.25, 0.3) is 0 Å². The van der Waals surface area contributed by atoms with Crippen LogP contribution in [0.3, 0.4) is 0 Å². The highest BCUT2D eigenvalue weighted by Crippen LogP contribution is 2.43. The number of hydrogen-bond donors (Lipinski definition) is 0. The maximum atomic E-state index is 12.9. The quantitative estimate of drug-likeness (QED) is 0.241. The monoisotopic (exact) mass is 358 g/mol. The molecule has 0 aromatic carbocycles. The van der Waals surface area contributed by atoms with Gasteiger partial charge in [-0.25, -0.2) is 17.6 Å². The minimum Gasteiger partial charge on any atom is -0.211 e. The first-order valence-electron chi connectivity index (χ1n) is 7.41. The van der Waals surface area contributed by atoms with Gasteiger partial charge in [0.2, 0.25) is 12.9 Å². The lowest BCUT2D eigenvalue weighted by Gasteiger charge is -2.33. The summed E-state index contributed by atoms with van der Waals surface area (Å²) in [4.78, 5) is 1.17. The van der Waals surface area contributed by atoms with E-state index in [2.05, 4.69) is 0 Å². The van der Waals surface area contributed by atoms with Crippen molar-refractivity contribution in [3.63, 3.8) is 0 Å². The van der Waals surface area contributed by atoms with E-state index >= 15 is 0 Å². The summed E-state index contributed by atoms with van der Waals surface area (Å²) < 4.78 is 51.3. The SMILES string of the molecule is CCC(C)(CC(F)F)C(=S)/C=C(\SC)C(C)(CC)CC(F)F. The van der Waals surface area contributed by atoms with Crippen LogP contribution in [-0.4, -0.2) is 24.0 Å². The molecule has 22 heavy (non-hydrogen) atoms. The Balaban J connectivity index is 5.52. The van der Waals surface area contributed by atoms with Crippen molar-refractivity contribution in [3.8, 4) is 0 Å². The van der Waals surface area contributed by atoms with Gasteiger partial charge in [-0.1, -0.05) is 39.9 Å². The van der Waals surface area contributed by atoms with Crippen LogP contribution >= 0.6 is 24.0 Å². The molecule has 0 aliphatic heterocycles. The third-order valence-corrected chi connectivity index (χ3v) is 6.10. The van der Waals surface area contributed by atoms with Gasteiger partial charge in [0.15, 0.2) is 0 Å². The van der Waals surface area contributed by atoms with Crippen LogP contribution in [0.1, 0.15) is 53.4 Å². The summed E-state index contributed by atoms with van der Waals surface area (Å²) in [7, 11) is 0. The largest absolute Gasteiger partial charge is 0.239 e. The van der Waals surface area contributed by atoms with Gasteiger partial charge in [-0.2, -0.15) is 0 Å². The first-order valence-corrected chi connectivity index (χ1v) is 9.04. The smallest absolute Gasteiger partial charge is 0.211 e. The van der Waals surface area contributed by atoms with Crippen LogP contribution in [-0.2, 0) is 0 Å². The fourth-order valence-corrected chi connectivity index (χ4v) is 3.67. The molecule has 6 heteroatoms. The third-order valence-electron chi connectivity index (χ3n) is 4.44. The van der Waals surface area contributed by atoms with Gasteiger partial charge in [-0.05, 0) is 30.1 Å².